The van der Waals surface area contributed by atoms with Crippen LogP contribution in [0.2, 0.25) is 0 Å². The van der Waals surface area contributed by atoms with E-state index in [4.69, 9.17) is 4.74 Å². The highest BCUT2D eigenvalue weighted by Crippen LogP contribution is 2.39. The fourth-order valence-corrected chi connectivity index (χ4v) is 3.64. The second-order valence-corrected chi connectivity index (χ2v) is 9.04. The zero-order chi connectivity index (χ0) is 20.8. The number of rotatable bonds is 9. The summed E-state index contributed by atoms with van der Waals surface area (Å²) in [5.74, 6) is 1.43. The van der Waals surface area contributed by atoms with Gasteiger partial charge in [0.05, 0.1) is 6.61 Å². The summed E-state index contributed by atoms with van der Waals surface area (Å²) in [6, 6.07) is 15.5. The number of ether oxygens (including phenoxy) is 1. The number of benzene rings is 2. The Morgan fingerprint density at radius 3 is 1.71 bits per heavy atom. The molecule has 0 saturated carbocycles. The lowest BCUT2D eigenvalue weighted by Crippen LogP contribution is -2.21. The van der Waals surface area contributed by atoms with Gasteiger partial charge in [0.2, 0.25) is 0 Å². The van der Waals surface area contributed by atoms with Crippen LogP contribution >= 0.6 is 0 Å². The van der Waals surface area contributed by atoms with Crippen molar-refractivity contribution < 1.29 is 4.74 Å². The molecular formula is C26H39NO. The molecule has 0 saturated heterocycles. The average molecular weight is 382 g/mol. The van der Waals surface area contributed by atoms with Crippen molar-refractivity contribution in [3.63, 3.8) is 0 Å². The van der Waals surface area contributed by atoms with Gasteiger partial charge in [0.15, 0.2) is 0 Å². The van der Waals surface area contributed by atoms with Crippen LogP contribution in [0.15, 0.2) is 42.5 Å². The summed E-state index contributed by atoms with van der Waals surface area (Å²) in [6.45, 7) is 15.4. The van der Waals surface area contributed by atoms with Crippen molar-refractivity contribution in [3.8, 4) is 0 Å². The van der Waals surface area contributed by atoms with Crippen molar-refractivity contribution in [1.82, 2.24) is 4.90 Å². The second-order valence-electron chi connectivity index (χ2n) is 9.04. The fourth-order valence-electron chi connectivity index (χ4n) is 3.64. The maximum absolute atomic E-state index is 6.57. The minimum Gasteiger partial charge on any atom is -0.367 e. The molecule has 28 heavy (non-hydrogen) atoms. The van der Waals surface area contributed by atoms with Crippen LogP contribution in [0.1, 0.15) is 93.2 Å². The first-order valence-electron chi connectivity index (χ1n) is 10.7. The van der Waals surface area contributed by atoms with Gasteiger partial charge in [-0.1, -0.05) is 84.0 Å². The molecule has 2 aromatic rings. The molecule has 2 rings (SSSR count). The van der Waals surface area contributed by atoms with E-state index in [0.29, 0.717) is 24.4 Å². The summed E-state index contributed by atoms with van der Waals surface area (Å²) in [6.07, 6.45) is -0.0304. The van der Waals surface area contributed by atoms with E-state index in [1.165, 1.54) is 27.8 Å². The third-order valence-corrected chi connectivity index (χ3v) is 5.36. The molecule has 0 bridgehead atoms. The molecule has 2 aromatic carbocycles. The van der Waals surface area contributed by atoms with Gasteiger partial charge in [-0.05, 0) is 59.7 Å². The smallest absolute Gasteiger partial charge is 0.108 e. The van der Waals surface area contributed by atoms with Gasteiger partial charge in [-0.2, -0.15) is 0 Å². The molecule has 0 aliphatic heterocycles. The lowest BCUT2D eigenvalue weighted by atomic mass is 9.81. The van der Waals surface area contributed by atoms with Crippen LogP contribution in [0, 0.1) is 0 Å². The molecule has 0 aromatic heterocycles. The molecule has 0 radical (unpaired) electrons. The fraction of sp³-hybridized carbons (Fsp3) is 0.538. The van der Waals surface area contributed by atoms with Gasteiger partial charge < -0.3 is 9.64 Å². The van der Waals surface area contributed by atoms with E-state index in [0.717, 1.165) is 6.54 Å². The maximum Gasteiger partial charge on any atom is 0.108 e. The van der Waals surface area contributed by atoms with Gasteiger partial charge in [-0.25, -0.2) is 0 Å². The molecule has 154 valence electrons. The van der Waals surface area contributed by atoms with E-state index in [2.05, 4.69) is 103 Å². The van der Waals surface area contributed by atoms with E-state index >= 15 is 0 Å². The Balaban J connectivity index is 2.65. The first kappa shape index (κ1) is 22.6. The summed E-state index contributed by atoms with van der Waals surface area (Å²) in [7, 11) is 4.19. The van der Waals surface area contributed by atoms with Crippen LogP contribution in [-0.2, 0) is 4.74 Å². The zero-order valence-corrected chi connectivity index (χ0v) is 19.1. The van der Waals surface area contributed by atoms with Gasteiger partial charge in [-0.3, -0.25) is 0 Å². The van der Waals surface area contributed by atoms with Crippen LogP contribution in [0.4, 0.5) is 0 Å². The van der Waals surface area contributed by atoms with E-state index < -0.39 is 0 Å². The summed E-state index contributed by atoms with van der Waals surface area (Å²) in [5, 5.41) is 0. The van der Waals surface area contributed by atoms with Gasteiger partial charge >= 0.3 is 0 Å². The topological polar surface area (TPSA) is 12.5 Å². The molecule has 0 spiro atoms. The van der Waals surface area contributed by atoms with Crippen LogP contribution in [0.3, 0.4) is 0 Å². The van der Waals surface area contributed by atoms with Crippen molar-refractivity contribution >= 4 is 0 Å². The minimum atomic E-state index is -0.0304. The van der Waals surface area contributed by atoms with Gasteiger partial charge in [-0.15, -0.1) is 0 Å². The maximum atomic E-state index is 6.57. The minimum absolute atomic E-state index is 0.0304. The molecule has 0 aliphatic rings. The highest BCUT2D eigenvalue weighted by Gasteiger charge is 2.25. The average Bonchev–Trinajstić information content (AvgIpc) is 2.64. The molecule has 0 amide bonds. The van der Waals surface area contributed by atoms with E-state index in [1.807, 2.05) is 0 Å². The Bertz CT molecular complexity index is 702. The Morgan fingerprint density at radius 1 is 0.750 bits per heavy atom. The number of hydrogen-bond donors (Lipinski definition) is 0. The summed E-state index contributed by atoms with van der Waals surface area (Å²) >= 11 is 0. The van der Waals surface area contributed by atoms with E-state index in [-0.39, 0.29) is 6.10 Å². The summed E-state index contributed by atoms with van der Waals surface area (Å²) in [5.41, 5.74) is 6.89. The summed E-state index contributed by atoms with van der Waals surface area (Å²) in [4.78, 5) is 2.18. The van der Waals surface area contributed by atoms with Gasteiger partial charge in [0, 0.05) is 6.54 Å². The monoisotopic (exact) mass is 381 g/mol. The molecule has 0 heterocycles. The van der Waals surface area contributed by atoms with E-state index in [1.54, 1.807) is 0 Å². The Hall–Kier alpha value is -1.64. The first-order valence-corrected chi connectivity index (χ1v) is 10.7. The van der Waals surface area contributed by atoms with Crippen LogP contribution < -0.4 is 0 Å². The van der Waals surface area contributed by atoms with Crippen LogP contribution in [0.25, 0.3) is 0 Å². The molecule has 1 atom stereocenters. The largest absolute Gasteiger partial charge is 0.367 e. The second kappa shape index (κ2) is 10.2. The number of nitrogens with zero attached hydrogens (tertiary/aromatic N) is 1. The number of hydrogen-bond acceptors (Lipinski definition) is 2. The normalized spacial score (nSPS) is 13.1. The lowest BCUT2D eigenvalue weighted by Gasteiger charge is -2.29. The predicted octanol–water partition coefficient (Wildman–Crippen LogP) is 6.72. The molecule has 0 fully saturated rings. The van der Waals surface area contributed by atoms with Crippen molar-refractivity contribution in [2.24, 2.45) is 0 Å². The molecule has 2 nitrogen and oxygen atoms in total. The predicted molar refractivity (Wildman–Crippen MR) is 122 cm³/mol. The van der Waals surface area contributed by atoms with E-state index in [9.17, 15) is 0 Å². The van der Waals surface area contributed by atoms with Crippen molar-refractivity contribution in [3.05, 3.63) is 70.3 Å². The molecule has 0 N–H and O–H groups in total. The Morgan fingerprint density at radius 2 is 1.29 bits per heavy atom. The standard InChI is InChI=1S/C26H39NO/c1-18(2)22-16-23(19(3)4)25(24(17-22)20(5)6)26(28-15-14-27(7)8)21-12-10-9-11-13-21/h9-13,16-20,26H,14-15H2,1-8H3/t26-/m0/s1. The third-order valence-electron chi connectivity index (χ3n) is 5.36. The molecule has 0 unspecified atom stereocenters. The third kappa shape index (κ3) is 5.68. The van der Waals surface area contributed by atoms with Gasteiger partial charge in [0.25, 0.3) is 0 Å². The van der Waals surface area contributed by atoms with Crippen molar-refractivity contribution in [1.29, 1.82) is 0 Å². The highest BCUT2D eigenvalue weighted by atomic mass is 16.5. The quantitative estimate of drug-likeness (QED) is 0.478. The Labute approximate surface area is 172 Å². The van der Waals surface area contributed by atoms with Crippen LogP contribution in [-0.4, -0.2) is 32.1 Å². The Kier molecular flexibility index (Phi) is 8.27. The molecule has 0 aliphatic carbocycles. The molecule has 2 heteroatoms. The first-order chi connectivity index (χ1) is 13.2. The molecular weight excluding hydrogens is 342 g/mol. The summed E-state index contributed by atoms with van der Waals surface area (Å²) < 4.78 is 6.57. The lowest BCUT2D eigenvalue weighted by molar-refractivity contribution is 0.0673. The van der Waals surface area contributed by atoms with Crippen molar-refractivity contribution in [2.45, 2.75) is 65.4 Å². The highest BCUT2D eigenvalue weighted by molar-refractivity contribution is 5.48. The van der Waals surface area contributed by atoms with Crippen LogP contribution in [0.5, 0.6) is 0 Å². The zero-order valence-electron chi connectivity index (χ0n) is 19.1. The van der Waals surface area contributed by atoms with Gasteiger partial charge in [0.1, 0.15) is 6.10 Å². The SMILES string of the molecule is CC(C)c1cc(C(C)C)c([C@@H](OCCN(C)C)c2ccccc2)c(C(C)C)c1. The number of likely N-dealkylation sites (N-methyl/N-ethyl adjacent to an activating group) is 1. The van der Waals surface area contributed by atoms with Crippen molar-refractivity contribution in [2.75, 3.05) is 27.2 Å².